The van der Waals surface area contributed by atoms with Crippen molar-refractivity contribution in [3.05, 3.63) is 132 Å². The fourth-order valence-corrected chi connectivity index (χ4v) is 13.3. The third kappa shape index (κ3) is 10.6. The van der Waals surface area contributed by atoms with Crippen LogP contribution in [0.1, 0.15) is 32.1 Å². The molecule has 6 N–H and O–H groups in total. The molecule has 1 aliphatic rings. The average molecular weight is 895 g/mol. The van der Waals surface area contributed by atoms with E-state index in [2.05, 4.69) is 30.6 Å². The molecule has 0 bridgehead atoms. The zero-order valence-electron chi connectivity index (χ0n) is 33.7. The van der Waals surface area contributed by atoms with Gasteiger partial charge in [-0.3, -0.25) is 9.59 Å². The van der Waals surface area contributed by atoms with Crippen molar-refractivity contribution in [2.75, 3.05) is 59.4 Å². The Morgan fingerprint density at radius 1 is 0.694 bits per heavy atom. The monoisotopic (exact) mass is 894 g/mol. The van der Waals surface area contributed by atoms with Crippen LogP contribution in [0.4, 0.5) is 23.0 Å². The first-order valence-corrected chi connectivity index (χ1v) is 25.1. The molecular formula is C43H43N8O8PS2. The van der Waals surface area contributed by atoms with Gasteiger partial charge in [-0.1, -0.05) is 54.1 Å². The molecule has 0 spiro atoms. The molecule has 1 atom stereocenters. The van der Waals surface area contributed by atoms with E-state index in [0.29, 0.717) is 48.0 Å². The van der Waals surface area contributed by atoms with Crippen LogP contribution in [0.5, 0.6) is 0 Å². The largest absolute Gasteiger partial charge is 0.382 e. The van der Waals surface area contributed by atoms with Crippen molar-refractivity contribution in [1.82, 2.24) is 19.9 Å². The van der Waals surface area contributed by atoms with Gasteiger partial charge in [0.1, 0.15) is 5.49 Å². The first kappa shape index (κ1) is 43.7. The summed E-state index contributed by atoms with van der Waals surface area (Å²) in [6, 6.07) is 26.0. The molecule has 4 aromatic carbocycles. The lowest BCUT2D eigenvalue weighted by molar-refractivity contribution is -0.0204. The van der Waals surface area contributed by atoms with E-state index in [1.807, 2.05) is 31.2 Å². The lowest BCUT2D eigenvalue weighted by Crippen LogP contribution is -2.33. The van der Waals surface area contributed by atoms with Crippen molar-refractivity contribution in [3.63, 3.8) is 0 Å². The molecule has 0 saturated carbocycles. The molecule has 320 valence electrons. The number of hydrogen-bond donors (Lipinski definition) is 4. The van der Waals surface area contributed by atoms with Crippen LogP contribution in [0.25, 0.3) is 22.5 Å². The van der Waals surface area contributed by atoms with E-state index in [1.165, 1.54) is 67.6 Å². The molecule has 2 amide bonds. The number of hydrogen-bond acceptors (Lipinski definition) is 14. The lowest BCUT2D eigenvalue weighted by atomic mass is 10.1. The Kier molecular flexibility index (Phi) is 12.7. The summed E-state index contributed by atoms with van der Waals surface area (Å²) >= 11 is 0. The summed E-state index contributed by atoms with van der Waals surface area (Å²) < 4.78 is 70.8. The van der Waals surface area contributed by atoms with Crippen molar-refractivity contribution < 1.29 is 35.7 Å². The van der Waals surface area contributed by atoms with Gasteiger partial charge >= 0.3 is 0 Å². The number of nitrogen functional groups attached to an aromatic ring is 2. The van der Waals surface area contributed by atoms with Crippen LogP contribution in [0.2, 0.25) is 0 Å². The van der Waals surface area contributed by atoms with Gasteiger partial charge in [0.15, 0.2) is 42.7 Å². The third-order valence-corrected chi connectivity index (χ3v) is 17.7. The number of nitrogens with two attached hydrogens (primary N) is 2. The predicted octanol–water partition coefficient (Wildman–Crippen LogP) is 5.96. The zero-order chi connectivity index (χ0) is 44.2. The number of rotatable bonds is 15. The van der Waals surface area contributed by atoms with E-state index in [0.717, 1.165) is 16.7 Å². The summed E-state index contributed by atoms with van der Waals surface area (Å²) in [5, 5.41) is 5.36. The fourth-order valence-electron chi connectivity index (χ4n) is 6.50. The minimum absolute atomic E-state index is 0.00846. The van der Waals surface area contributed by atoms with E-state index in [9.17, 15) is 31.0 Å². The van der Waals surface area contributed by atoms with Gasteiger partial charge in [-0.05, 0) is 74.1 Å². The minimum Gasteiger partial charge on any atom is -0.382 e. The number of anilines is 4. The van der Waals surface area contributed by atoms with E-state index >= 15 is 0 Å². The van der Waals surface area contributed by atoms with E-state index in [1.54, 1.807) is 24.3 Å². The summed E-state index contributed by atoms with van der Waals surface area (Å²) in [6.45, 7) is 4.25. The number of nitrogens with one attached hydrogen (secondary N) is 2. The van der Waals surface area contributed by atoms with Crippen molar-refractivity contribution >= 4 is 61.6 Å². The number of carbonyl (C=O) groups is 2. The Hall–Kier alpha value is -6.33. The second-order valence-electron chi connectivity index (χ2n) is 15.2. The number of ether oxygens (including phenoxy) is 1. The second kappa shape index (κ2) is 17.9. The fraction of sp³-hybridized carbons (Fsp3) is 0.209. The van der Waals surface area contributed by atoms with Gasteiger partial charge in [-0.25, -0.2) is 36.8 Å². The SMILES string of the molecule is Cc1ccc(-c2cnc(N)c(C(=O)Nc3ccc(S(=O)(=O)CP(C)(=O)CCc4ccc(-c5cnc(N)c(C(=O)Nc6ccc(S(=O)(=O)CC7COC7)cc6)n5)cc4)cc3)n2)cc1. The van der Waals surface area contributed by atoms with Crippen molar-refractivity contribution in [2.45, 2.75) is 23.1 Å². The van der Waals surface area contributed by atoms with Gasteiger partial charge in [0, 0.05) is 34.6 Å². The van der Waals surface area contributed by atoms with Crippen LogP contribution in [0, 0.1) is 12.8 Å². The highest BCUT2D eigenvalue weighted by Gasteiger charge is 2.28. The lowest BCUT2D eigenvalue weighted by Gasteiger charge is -2.25. The molecule has 1 unspecified atom stereocenters. The molecular weight excluding hydrogens is 852 g/mol. The van der Waals surface area contributed by atoms with Gasteiger partial charge < -0.3 is 31.4 Å². The summed E-state index contributed by atoms with van der Waals surface area (Å²) in [5.41, 5.74) is 15.9. The zero-order valence-corrected chi connectivity index (χ0v) is 36.2. The molecule has 3 heterocycles. The van der Waals surface area contributed by atoms with Crippen LogP contribution >= 0.6 is 7.14 Å². The van der Waals surface area contributed by atoms with Crippen LogP contribution in [0.3, 0.4) is 0 Å². The Balaban J connectivity index is 0.930. The van der Waals surface area contributed by atoms with Gasteiger partial charge in [0.2, 0.25) is 0 Å². The van der Waals surface area contributed by atoms with Gasteiger partial charge in [0.25, 0.3) is 11.8 Å². The molecule has 19 heteroatoms. The van der Waals surface area contributed by atoms with Gasteiger partial charge in [0.05, 0.1) is 59.7 Å². The van der Waals surface area contributed by atoms with Crippen LogP contribution in [-0.2, 0) is 35.4 Å². The smallest absolute Gasteiger partial charge is 0.278 e. The first-order chi connectivity index (χ1) is 29.4. The molecule has 62 heavy (non-hydrogen) atoms. The molecule has 1 saturated heterocycles. The summed E-state index contributed by atoms with van der Waals surface area (Å²) in [6.07, 6.45) is 3.37. The summed E-state index contributed by atoms with van der Waals surface area (Å²) in [5.74, 6) is -1.45. The van der Waals surface area contributed by atoms with Crippen molar-refractivity contribution in [2.24, 2.45) is 5.92 Å². The third-order valence-electron chi connectivity index (χ3n) is 10.1. The topological polar surface area (TPSA) is 256 Å². The molecule has 6 aromatic rings. The standard InChI is InChI=1S/C43H43N8O8PS2/c1-27-3-7-30(8-4-27)36-21-46-40(44)38(50-36)42(52)49-33-13-17-35(18-14-33)62(57,58)26-60(2,54)20-19-28-5-9-31(10-6-28)37-22-47-41(45)39(51-37)43(53)48-32-11-15-34(16-12-32)61(55,56)25-29-23-59-24-29/h3-18,21-22,29H,19-20,23-26H2,1-2H3,(H2,44,46)(H2,45,47)(H,48,53)(H,49,52). The highest BCUT2D eigenvalue weighted by atomic mass is 32.2. The van der Waals surface area contributed by atoms with Crippen LogP contribution < -0.4 is 22.1 Å². The highest BCUT2D eigenvalue weighted by molar-refractivity contribution is 7.99. The van der Waals surface area contributed by atoms with E-state index in [-0.39, 0.29) is 50.6 Å². The Labute approximate surface area is 358 Å². The van der Waals surface area contributed by atoms with E-state index in [4.69, 9.17) is 16.2 Å². The average Bonchev–Trinajstić information content (AvgIpc) is 3.22. The second-order valence-corrected chi connectivity index (χ2v) is 23.0. The van der Waals surface area contributed by atoms with Crippen molar-refractivity contribution in [1.29, 1.82) is 0 Å². The number of amides is 2. The molecule has 1 fully saturated rings. The Morgan fingerprint density at radius 3 is 1.60 bits per heavy atom. The number of nitrogens with zero attached hydrogens (tertiary/aromatic N) is 4. The predicted molar refractivity (Wildman–Crippen MR) is 238 cm³/mol. The molecule has 1 aliphatic heterocycles. The molecule has 0 radical (unpaired) electrons. The Bertz CT molecular complexity index is 2910. The number of sulfone groups is 2. The maximum absolute atomic E-state index is 13.6. The maximum atomic E-state index is 13.6. The molecule has 0 aliphatic carbocycles. The van der Waals surface area contributed by atoms with E-state index < -0.39 is 44.1 Å². The normalized spacial score (nSPS) is 14.0. The maximum Gasteiger partial charge on any atom is 0.278 e. The highest BCUT2D eigenvalue weighted by Crippen LogP contribution is 2.44. The Morgan fingerprint density at radius 2 is 1.15 bits per heavy atom. The van der Waals surface area contributed by atoms with Crippen molar-refractivity contribution in [3.8, 4) is 22.5 Å². The molecule has 16 nitrogen and oxygen atoms in total. The number of aromatic nitrogens is 4. The quantitative estimate of drug-likeness (QED) is 0.0868. The first-order valence-electron chi connectivity index (χ1n) is 19.3. The van der Waals surface area contributed by atoms with Crippen LogP contribution in [-0.4, -0.2) is 85.9 Å². The summed E-state index contributed by atoms with van der Waals surface area (Å²) in [4.78, 5) is 43.5. The van der Waals surface area contributed by atoms with Gasteiger partial charge in [-0.2, -0.15) is 0 Å². The number of carbonyl (C=O) groups excluding carboxylic acids is 2. The van der Waals surface area contributed by atoms with Gasteiger partial charge in [-0.15, -0.1) is 0 Å². The summed E-state index contributed by atoms with van der Waals surface area (Å²) in [7, 11) is -10.7. The number of aryl methyl sites for hydroxylation is 2. The van der Waals surface area contributed by atoms with Crippen LogP contribution in [0.15, 0.2) is 119 Å². The number of benzene rings is 4. The molecule has 2 aromatic heterocycles. The molecule has 7 rings (SSSR count). The minimum atomic E-state index is -3.96.